The number of fused-ring (bicyclic) bond motifs is 7. The second-order valence-corrected chi connectivity index (χ2v) is 16.8. The molecular formula is C58H39N3O. The number of hydrogen-bond donors (Lipinski definition) is 0. The van der Waals surface area contributed by atoms with Gasteiger partial charge in [-0.05, 0) is 103 Å². The third-order valence-corrected chi connectivity index (χ3v) is 12.7. The fourth-order valence-corrected chi connectivity index (χ4v) is 9.51. The monoisotopic (exact) mass is 793 g/mol. The average Bonchev–Trinajstić information content (AvgIpc) is 3.82. The smallest absolute Gasteiger partial charge is 0.164 e. The van der Waals surface area contributed by atoms with E-state index in [9.17, 15) is 0 Å². The highest BCUT2D eigenvalue weighted by Gasteiger charge is 2.35. The summed E-state index contributed by atoms with van der Waals surface area (Å²) in [5.41, 5.74) is 16.5. The fraction of sp³-hybridized carbons (Fsp3) is 0.0517. The molecule has 9 aromatic carbocycles. The van der Waals surface area contributed by atoms with E-state index >= 15 is 0 Å². The van der Waals surface area contributed by atoms with Gasteiger partial charge in [-0.3, -0.25) is 0 Å². The zero-order valence-electron chi connectivity index (χ0n) is 34.3. The number of hydrogen-bond acceptors (Lipinski definition) is 4. The van der Waals surface area contributed by atoms with Crippen LogP contribution in [0.2, 0.25) is 0 Å². The van der Waals surface area contributed by atoms with Crippen LogP contribution in [0.15, 0.2) is 205 Å². The first-order valence-corrected chi connectivity index (χ1v) is 21.2. The summed E-state index contributed by atoms with van der Waals surface area (Å²) in [5.74, 6) is 1.81. The van der Waals surface area contributed by atoms with Crippen LogP contribution in [0.25, 0.3) is 111 Å². The number of benzene rings is 9. The standard InChI is InChI=1S/C58H39N3O/c1-58(2)50-20-9-8-18-47(50)49-34-42(29-31-51(49)58)41-16-10-17-43(33-41)55-59-56(44-27-24-37-14-6-7-15-40(37)32-44)61-57(60-55)45-28-30-48-53(35-45)62-52-21-11-19-46(54(48)52)39-25-22-38(23-26-39)36-12-4-3-5-13-36/h3-35H,1-2H3. The molecule has 1 aliphatic carbocycles. The third-order valence-electron chi connectivity index (χ3n) is 12.7. The van der Waals surface area contributed by atoms with Crippen LogP contribution in [0.1, 0.15) is 25.0 Å². The second-order valence-electron chi connectivity index (χ2n) is 16.8. The van der Waals surface area contributed by atoms with Gasteiger partial charge in [-0.15, -0.1) is 0 Å². The van der Waals surface area contributed by atoms with Crippen molar-refractivity contribution in [2.45, 2.75) is 19.3 Å². The van der Waals surface area contributed by atoms with E-state index in [-0.39, 0.29) is 5.41 Å². The van der Waals surface area contributed by atoms with Gasteiger partial charge in [0.15, 0.2) is 17.5 Å². The van der Waals surface area contributed by atoms with E-state index in [1.807, 2.05) is 12.1 Å². The van der Waals surface area contributed by atoms with Crippen molar-refractivity contribution in [3.8, 4) is 78.7 Å². The molecular weight excluding hydrogens is 755 g/mol. The van der Waals surface area contributed by atoms with Crippen molar-refractivity contribution in [3.63, 3.8) is 0 Å². The first-order valence-electron chi connectivity index (χ1n) is 21.2. The summed E-state index contributed by atoms with van der Waals surface area (Å²) in [6, 6.07) is 70.9. The normalized spacial score (nSPS) is 12.8. The van der Waals surface area contributed by atoms with Gasteiger partial charge in [-0.2, -0.15) is 0 Å². The van der Waals surface area contributed by atoms with Crippen LogP contribution in [0, 0.1) is 0 Å². The number of nitrogens with zero attached hydrogens (tertiary/aromatic N) is 3. The largest absolute Gasteiger partial charge is 0.456 e. The van der Waals surface area contributed by atoms with Crippen LogP contribution >= 0.6 is 0 Å². The summed E-state index contributed by atoms with van der Waals surface area (Å²) in [6.45, 7) is 4.64. The van der Waals surface area contributed by atoms with E-state index in [1.54, 1.807) is 0 Å². The van der Waals surface area contributed by atoms with E-state index < -0.39 is 0 Å². The minimum atomic E-state index is -0.0461. The van der Waals surface area contributed by atoms with Crippen molar-refractivity contribution in [2.75, 3.05) is 0 Å². The lowest BCUT2D eigenvalue weighted by Crippen LogP contribution is -2.14. The average molecular weight is 794 g/mol. The van der Waals surface area contributed by atoms with E-state index in [0.717, 1.165) is 66.3 Å². The highest BCUT2D eigenvalue weighted by molar-refractivity contribution is 6.13. The first-order chi connectivity index (χ1) is 30.4. The van der Waals surface area contributed by atoms with Crippen molar-refractivity contribution in [1.29, 1.82) is 0 Å². The van der Waals surface area contributed by atoms with Gasteiger partial charge >= 0.3 is 0 Å². The Hall–Kier alpha value is -7.95. The quantitative estimate of drug-likeness (QED) is 0.168. The molecule has 0 fully saturated rings. The molecule has 4 nitrogen and oxygen atoms in total. The van der Waals surface area contributed by atoms with Gasteiger partial charge in [-0.25, -0.2) is 15.0 Å². The molecule has 0 saturated carbocycles. The number of furan rings is 1. The van der Waals surface area contributed by atoms with Crippen LogP contribution < -0.4 is 0 Å². The molecule has 1 aliphatic rings. The van der Waals surface area contributed by atoms with Crippen LogP contribution in [0.4, 0.5) is 0 Å². The van der Waals surface area contributed by atoms with Crippen molar-refractivity contribution >= 4 is 32.7 Å². The summed E-state index contributed by atoms with van der Waals surface area (Å²) in [5, 5.41) is 4.43. The van der Waals surface area contributed by atoms with Gasteiger partial charge in [0.25, 0.3) is 0 Å². The summed E-state index contributed by atoms with van der Waals surface area (Å²) >= 11 is 0. The van der Waals surface area contributed by atoms with Crippen molar-refractivity contribution in [1.82, 2.24) is 15.0 Å². The Morgan fingerprint density at radius 1 is 0.339 bits per heavy atom. The predicted molar refractivity (Wildman–Crippen MR) is 255 cm³/mol. The van der Waals surface area contributed by atoms with Gasteiger partial charge in [-0.1, -0.05) is 178 Å². The molecule has 2 heterocycles. The molecule has 4 heteroatoms. The van der Waals surface area contributed by atoms with Gasteiger partial charge < -0.3 is 4.42 Å². The number of aromatic nitrogens is 3. The Morgan fingerprint density at radius 2 is 0.887 bits per heavy atom. The van der Waals surface area contributed by atoms with Gasteiger partial charge in [0.05, 0.1) is 0 Å². The minimum Gasteiger partial charge on any atom is -0.456 e. The Morgan fingerprint density at radius 3 is 1.71 bits per heavy atom. The van der Waals surface area contributed by atoms with Crippen molar-refractivity contribution < 1.29 is 4.42 Å². The second kappa shape index (κ2) is 14.1. The lowest BCUT2D eigenvalue weighted by molar-refractivity contribution is 0.660. The third kappa shape index (κ3) is 5.95. The summed E-state index contributed by atoms with van der Waals surface area (Å²) in [7, 11) is 0. The van der Waals surface area contributed by atoms with E-state index in [4.69, 9.17) is 19.4 Å². The van der Waals surface area contributed by atoms with Crippen molar-refractivity contribution in [2.24, 2.45) is 0 Å². The van der Waals surface area contributed by atoms with Crippen LogP contribution in [0.5, 0.6) is 0 Å². The Balaban J connectivity index is 0.967. The maximum atomic E-state index is 6.61. The van der Waals surface area contributed by atoms with Gasteiger partial charge in [0.2, 0.25) is 0 Å². The van der Waals surface area contributed by atoms with E-state index in [1.165, 1.54) is 38.8 Å². The first kappa shape index (κ1) is 35.9. The molecule has 0 saturated heterocycles. The molecule has 0 amide bonds. The van der Waals surface area contributed by atoms with Gasteiger partial charge in [0.1, 0.15) is 11.2 Å². The highest BCUT2D eigenvalue weighted by atomic mass is 16.3. The van der Waals surface area contributed by atoms with Crippen LogP contribution in [-0.4, -0.2) is 15.0 Å². The molecule has 0 spiro atoms. The SMILES string of the molecule is CC1(C)c2ccccc2-c2cc(-c3cccc(-c4nc(-c5ccc6ccccc6c5)nc(-c5ccc6c(c5)oc5cccc(-c7ccc(-c8ccccc8)cc7)c56)n4)c3)ccc21. The van der Waals surface area contributed by atoms with Crippen LogP contribution in [0.3, 0.4) is 0 Å². The Bertz CT molecular complexity index is 3550. The summed E-state index contributed by atoms with van der Waals surface area (Å²) in [6.07, 6.45) is 0. The van der Waals surface area contributed by atoms with Crippen molar-refractivity contribution in [3.05, 3.63) is 211 Å². The lowest BCUT2D eigenvalue weighted by atomic mass is 9.82. The summed E-state index contributed by atoms with van der Waals surface area (Å²) in [4.78, 5) is 15.5. The summed E-state index contributed by atoms with van der Waals surface area (Å²) < 4.78 is 6.61. The van der Waals surface area contributed by atoms with E-state index in [0.29, 0.717) is 17.5 Å². The Kier molecular flexibility index (Phi) is 8.16. The zero-order chi connectivity index (χ0) is 41.4. The fourth-order valence-electron chi connectivity index (χ4n) is 9.51. The molecule has 0 aliphatic heterocycles. The minimum absolute atomic E-state index is 0.0461. The molecule has 11 aromatic rings. The molecule has 0 N–H and O–H groups in total. The maximum absolute atomic E-state index is 6.61. The van der Waals surface area contributed by atoms with Gasteiger partial charge in [0, 0.05) is 32.9 Å². The molecule has 0 atom stereocenters. The molecule has 0 radical (unpaired) electrons. The maximum Gasteiger partial charge on any atom is 0.164 e. The molecule has 0 unspecified atom stereocenters. The predicted octanol–water partition coefficient (Wildman–Crippen LogP) is 15.2. The van der Waals surface area contributed by atoms with E-state index in [2.05, 4.69) is 202 Å². The molecule has 12 rings (SSSR count). The zero-order valence-corrected chi connectivity index (χ0v) is 34.3. The molecule has 2 aromatic heterocycles. The molecule has 0 bridgehead atoms. The molecule has 292 valence electrons. The number of rotatable bonds is 6. The molecule has 62 heavy (non-hydrogen) atoms. The van der Waals surface area contributed by atoms with Crippen LogP contribution in [-0.2, 0) is 5.41 Å². The Labute approximate surface area is 359 Å². The highest BCUT2D eigenvalue weighted by Crippen LogP contribution is 2.49. The lowest BCUT2D eigenvalue weighted by Gasteiger charge is -2.21. The topological polar surface area (TPSA) is 51.8 Å².